The van der Waals surface area contributed by atoms with Crippen molar-refractivity contribution in [2.24, 2.45) is 0 Å². The molecule has 0 aromatic heterocycles. The largest absolute Gasteiger partial charge is 0.465 e. The van der Waals surface area contributed by atoms with E-state index in [-0.39, 0.29) is 24.8 Å². The van der Waals surface area contributed by atoms with Crippen LogP contribution in [0.4, 0.5) is 5.69 Å². The minimum absolute atomic E-state index is 0.169. The molecule has 0 spiro atoms. The van der Waals surface area contributed by atoms with Crippen LogP contribution >= 0.6 is 0 Å². The van der Waals surface area contributed by atoms with E-state index in [1.807, 2.05) is 0 Å². The molecule has 0 heterocycles. The summed E-state index contributed by atoms with van der Waals surface area (Å²) in [5.41, 5.74) is 0.873. The Kier molecular flexibility index (Phi) is 5.53. The molecule has 0 aliphatic rings. The quantitative estimate of drug-likeness (QED) is 0.775. The number of hydrogen-bond donors (Lipinski definition) is 2. The highest BCUT2D eigenvalue weighted by molar-refractivity contribution is 5.94. The number of rotatable bonds is 5. The number of methoxy groups -OCH3 is 1. The van der Waals surface area contributed by atoms with Gasteiger partial charge in [-0.3, -0.25) is 9.59 Å². The number of amides is 2. The van der Waals surface area contributed by atoms with E-state index in [4.69, 9.17) is 0 Å². The van der Waals surface area contributed by atoms with Crippen LogP contribution in [0.5, 0.6) is 0 Å². The molecular formula is C13H16N2O4. The van der Waals surface area contributed by atoms with Crippen molar-refractivity contribution in [2.45, 2.75) is 13.3 Å². The summed E-state index contributed by atoms with van der Waals surface area (Å²) in [5.74, 6) is -0.884. The maximum atomic E-state index is 11.6. The third-order valence-electron chi connectivity index (χ3n) is 2.29. The Morgan fingerprint density at radius 1 is 1.26 bits per heavy atom. The Morgan fingerprint density at radius 2 is 2.00 bits per heavy atom. The van der Waals surface area contributed by atoms with E-state index in [0.29, 0.717) is 11.3 Å². The van der Waals surface area contributed by atoms with E-state index in [2.05, 4.69) is 15.4 Å². The van der Waals surface area contributed by atoms with Crippen LogP contribution in [-0.4, -0.2) is 31.4 Å². The number of ether oxygens (including phenoxy) is 1. The van der Waals surface area contributed by atoms with Gasteiger partial charge in [0.05, 0.1) is 12.7 Å². The zero-order valence-corrected chi connectivity index (χ0v) is 10.9. The zero-order chi connectivity index (χ0) is 14.3. The second-order valence-electron chi connectivity index (χ2n) is 3.85. The highest BCUT2D eigenvalue weighted by Crippen LogP contribution is 2.11. The lowest BCUT2D eigenvalue weighted by atomic mass is 10.2. The maximum Gasteiger partial charge on any atom is 0.337 e. The van der Waals surface area contributed by atoms with Crippen molar-refractivity contribution in [3.05, 3.63) is 29.8 Å². The van der Waals surface area contributed by atoms with Crippen LogP contribution in [0.2, 0.25) is 0 Å². The molecule has 6 heteroatoms. The highest BCUT2D eigenvalue weighted by atomic mass is 16.5. The van der Waals surface area contributed by atoms with Crippen molar-refractivity contribution in [1.82, 2.24) is 5.32 Å². The highest BCUT2D eigenvalue weighted by Gasteiger charge is 2.07. The average molecular weight is 264 g/mol. The first-order valence-electron chi connectivity index (χ1n) is 5.75. The third kappa shape index (κ3) is 5.20. The number of hydrogen-bond acceptors (Lipinski definition) is 4. The number of anilines is 1. The molecule has 2 amide bonds. The number of benzene rings is 1. The molecular weight excluding hydrogens is 248 g/mol. The first kappa shape index (κ1) is 14.7. The lowest BCUT2D eigenvalue weighted by molar-refractivity contribution is -0.119. The van der Waals surface area contributed by atoms with Crippen molar-refractivity contribution >= 4 is 23.5 Å². The lowest BCUT2D eigenvalue weighted by Gasteiger charge is -2.07. The average Bonchev–Trinajstić information content (AvgIpc) is 2.37. The van der Waals surface area contributed by atoms with Gasteiger partial charge in [0.15, 0.2) is 0 Å². The fourth-order valence-corrected chi connectivity index (χ4v) is 1.42. The third-order valence-corrected chi connectivity index (χ3v) is 2.29. The molecule has 0 aliphatic carbocycles. The molecule has 0 saturated heterocycles. The Hall–Kier alpha value is -2.37. The summed E-state index contributed by atoms with van der Waals surface area (Å²) in [5, 5.41) is 5.16. The smallest absolute Gasteiger partial charge is 0.337 e. The van der Waals surface area contributed by atoms with E-state index in [1.54, 1.807) is 18.2 Å². The zero-order valence-electron chi connectivity index (χ0n) is 10.9. The summed E-state index contributed by atoms with van der Waals surface area (Å²) < 4.78 is 4.59. The van der Waals surface area contributed by atoms with Crippen LogP contribution in [0, 0.1) is 0 Å². The minimum Gasteiger partial charge on any atom is -0.465 e. The monoisotopic (exact) mass is 264 g/mol. The Balaban J connectivity index is 2.54. The molecule has 0 unspecified atom stereocenters. The van der Waals surface area contributed by atoms with Crippen molar-refractivity contribution in [2.75, 3.05) is 19.0 Å². The molecule has 1 aromatic rings. The van der Waals surface area contributed by atoms with Gasteiger partial charge in [0.1, 0.15) is 0 Å². The van der Waals surface area contributed by atoms with E-state index in [0.717, 1.165) is 0 Å². The normalized spacial score (nSPS) is 9.58. The van der Waals surface area contributed by atoms with E-state index >= 15 is 0 Å². The summed E-state index contributed by atoms with van der Waals surface area (Å²) in [7, 11) is 1.29. The van der Waals surface area contributed by atoms with Crippen molar-refractivity contribution in [3.63, 3.8) is 0 Å². The van der Waals surface area contributed by atoms with Gasteiger partial charge >= 0.3 is 5.97 Å². The van der Waals surface area contributed by atoms with Crippen molar-refractivity contribution < 1.29 is 19.1 Å². The molecule has 0 radical (unpaired) electrons. The molecule has 0 fully saturated rings. The molecule has 0 saturated carbocycles. The first-order valence-corrected chi connectivity index (χ1v) is 5.75. The molecule has 0 atom stereocenters. The molecule has 0 aliphatic heterocycles. The summed E-state index contributed by atoms with van der Waals surface area (Å²) in [4.78, 5) is 33.5. The summed E-state index contributed by atoms with van der Waals surface area (Å²) in [6, 6.07) is 6.44. The second kappa shape index (κ2) is 7.15. The van der Waals surface area contributed by atoms with Gasteiger partial charge in [0.2, 0.25) is 11.8 Å². The number of nitrogens with one attached hydrogen (secondary N) is 2. The van der Waals surface area contributed by atoms with Crippen molar-refractivity contribution in [1.29, 1.82) is 0 Å². The summed E-state index contributed by atoms with van der Waals surface area (Å²) >= 11 is 0. The minimum atomic E-state index is -0.464. The van der Waals surface area contributed by atoms with Gasteiger partial charge in [0.25, 0.3) is 0 Å². The lowest BCUT2D eigenvalue weighted by Crippen LogP contribution is -2.25. The predicted octanol–water partition coefficient (Wildman–Crippen LogP) is 0.938. The predicted molar refractivity (Wildman–Crippen MR) is 69.7 cm³/mol. The van der Waals surface area contributed by atoms with Gasteiger partial charge in [0, 0.05) is 25.6 Å². The Morgan fingerprint density at radius 3 is 2.63 bits per heavy atom. The van der Waals surface area contributed by atoms with Gasteiger partial charge in [-0.1, -0.05) is 6.07 Å². The Labute approximate surface area is 111 Å². The summed E-state index contributed by atoms with van der Waals surface area (Å²) in [6.07, 6.45) is 0.169. The van der Waals surface area contributed by atoms with Crippen LogP contribution in [0.3, 0.4) is 0 Å². The topological polar surface area (TPSA) is 84.5 Å². The maximum absolute atomic E-state index is 11.6. The molecule has 1 rings (SSSR count). The molecule has 1 aromatic carbocycles. The van der Waals surface area contributed by atoms with Gasteiger partial charge in [-0.2, -0.15) is 0 Å². The molecule has 102 valence electrons. The van der Waals surface area contributed by atoms with Crippen LogP contribution < -0.4 is 10.6 Å². The van der Waals surface area contributed by atoms with Gasteiger partial charge < -0.3 is 15.4 Å². The second-order valence-corrected chi connectivity index (χ2v) is 3.85. The SMILES string of the molecule is COC(=O)c1cccc(NC(=O)CCNC(C)=O)c1. The van der Waals surface area contributed by atoms with Crippen LogP contribution in [0.15, 0.2) is 24.3 Å². The van der Waals surface area contributed by atoms with Crippen LogP contribution in [-0.2, 0) is 14.3 Å². The molecule has 19 heavy (non-hydrogen) atoms. The number of carbonyl (C=O) groups is 3. The first-order chi connectivity index (χ1) is 9.02. The van der Waals surface area contributed by atoms with E-state index < -0.39 is 5.97 Å². The fourth-order valence-electron chi connectivity index (χ4n) is 1.42. The van der Waals surface area contributed by atoms with Gasteiger partial charge in [-0.25, -0.2) is 4.79 Å². The van der Waals surface area contributed by atoms with Crippen LogP contribution in [0.25, 0.3) is 0 Å². The number of carbonyl (C=O) groups excluding carboxylic acids is 3. The van der Waals surface area contributed by atoms with E-state index in [9.17, 15) is 14.4 Å². The number of esters is 1. The standard InChI is InChI=1S/C13H16N2O4/c1-9(16)14-7-6-12(17)15-11-5-3-4-10(8-11)13(18)19-2/h3-5,8H,6-7H2,1-2H3,(H,14,16)(H,15,17). The van der Waals surface area contributed by atoms with Gasteiger partial charge in [-0.05, 0) is 18.2 Å². The fraction of sp³-hybridized carbons (Fsp3) is 0.308. The molecule has 2 N–H and O–H groups in total. The Bertz CT molecular complexity index is 485. The van der Waals surface area contributed by atoms with Crippen LogP contribution in [0.1, 0.15) is 23.7 Å². The molecule has 0 bridgehead atoms. The van der Waals surface area contributed by atoms with Crippen molar-refractivity contribution in [3.8, 4) is 0 Å². The van der Waals surface area contributed by atoms with E-state index in [1.165, 1.54) is 20.1 Å². The van der Waals surface area contributed by atoms with Gasteiger partial charge in [-0.15, -0.1) is 0 Å². The molecule has 6 nitrogen and oxygen atoms in total. The summed E-state index contributed by atoms with van der Waals surface area (Å²) in [6.45, 7) is 1.66.